The predicted molar refractivity (Wildman–Crippen MR) is 80.4 cm³/mol. The number of rotatable bonds is 5. The first-order valence-corrected chi connectivity index (χ1v) is 6.82. The monoisotopic (exact) mass is 284 g/mol. The van der Waals surface area contributed by atoms with Crippen molar-refractivity contribution < 1.29 is 9.26 Å². The van der Waals surface area contributed by atoms with Crippen LogP contribution >= 0.6 is 0 Å². The first kappa shape index (κ1) is 13.4. The number of hydrogen-bond donors (Lipinski definition) is 1. The van der Waals surface area contributed by atoms with Crippen LogP contribution in [-0.2, 0) is 0 Å². The van der Waals surface area contributed by atoms with Crippen LogP contribution in [0.3, 0.4) is 0 Å². The van der Waals surface area contributed by atoms with Gasteiger partial charge in [-0.25, -0.2) is 4.98 Å². The number of methoxy groups -OCH3 is 1. The molecule has 0 saturated heterocycles. The summed E-state index contributed by atoms with van der Waals surface area (Å²) < 4.78 is 10.7. The number of aromatic nitrogens is 3. The molecule has 2 heterocycles. The first-order chi connectivity index (χ1) is 10.3. The second kappa shape index (κ2) is 5.78. The molecule has 0 saturated carbocycles. The molecule has 6 nitrogen and oxygen atoms in total. The van der Waals surface area contributed by atoms with Crippen LogP contribution in [0.1, 0.15) is 13.3 Å². The highest BCUT2D eigenvalue weighted by atomic mass is 16.5. The van der Waals surface area contributed by atoms with E-state index in [0.29, 0.717) is 11.4 Å². The lowest BCUT2D eigenvalue weighted by Gasteiger charge is -2.07. The zero-order chi connectivity index (χ0) is 14.7. The Hall–Kier alpha value is -2.63. The number of nitrogens with one attached hydrogen (secondary N) is 1. The second-order valence-corrected chi connectivity index (χ2v) is 4.56. The Morgan fingerprint density at radius 1 is 1.24 bits per heavy atom. The van der Waals surface area contributed by atoms with E-state index in [1.807, 2.05) is 24.3 Å². The molecule has 0 aliphatic rings. The number of benzene rings is 1. The number of anilines is 1. The molecule has 3 aromatic rings. The Balaban J connectivity index is 2.19. The summed E-state index contributed by atoms with van der Waals surface area (Å²) in [6.07, 6.45) is 2.47. The van der Waals surface area contributed by atoms with Gasteiger partial charge in [0.15, 0.2) is 0 Å². The van der Waals surface area contributed by atoms with Crippen LogP contribution in [0, 0.1) is 0 Å². The molecule has 0 unspecified atom stereocenters. The molecule has 0 aliphatic heterocycles. The Morgan fingerprint density at radius 2 is 2.10 bits per heavy atom. The zero-order valence-corrected chi connectivity index (χ0v) is 12.0. The average molecular weight is 284 g/mol. The standard InChI is InChI=1S/C15H16N4O2/c1-3-8-16-14-12-13(19-21-15(12)18-9-17-14)10-6-4-5-7-11(10)20-2/h4-7,9H,3,8H2,1-2H3,(H,16,17,18). The van der Waals surface area contributed by atoms with Gasteiger partial charge in [-0.15, -0.1) is 0 Å². The maximum Gasteiger partial charge on any atom is 0.263 e. The third-order valence-electron chi connectivity index (χ3n) is 3.18. The van der Waals surface area contributed by atoms with Gasteiger partial charge in [0.25, 0.3) is 5.71 Å². The van der Waals surface area contributed by atoms with Crippen molar-refractivity contribution in [3.8, 4) is 17.0 Å². The molecule has 108 valence electrons. The topological polar surface area (TPSA) is 73.1 Å². The van der Waals surface area contributed by atoms with Gasteiger partial charge in [0.1, 0.15) is 29.0 Å². The molecule has 0 amide bonds. The largest absolute Gasteiger partial charge is 0.496 e. The van der Waals surface area contributed by atoms with Crippen molar-refractivity contribution in [2.75, 3.05) is 19.0 Å². The second-order valence-electron chi connectivity index (χ2n) is 4.56. The van der Waals surface area contributed by atoms with Crippen molar-refractivity contribution in [2.24, 2.45) is 0 Å². The van der Waals surface area contributed by atoms with E-state index in [1.54, 1.807) is 7.11 Å². The smallest absolute Gasteiger partial charge is 0.263 e. The molecule has 21 heavy (non-hydrogen) atoms. The predicted octanol–water partition coefficient (Wildman–Crippen LogP) is 3.12. The molecular weight excluding hydrogens is 268 g/mol. The third-order valence-corrected chi connectivity index (χ3v) is 3.18. The van der Waals surface area contributed by atoms with Gasteiger partial charge >= 0.3 is 0 Å². The summed E-state index contributed by atoms with van der Waals surface area (Å²) >= 11 is 0. The van der Waals surface area contributed by atoms with Gasteiger partial charge < -0.3 is 14.6 Å². The van der Waals surface area contributed by atoms with Gasteiger partial charge in [-0.2, -0.15) is 4.98 Å². The summed E-state index contributed by atoms with van der Waals surface area (Å²) in [7, 11) is 1.63. The van der Waals surface area contributed by atoms with Crippen molar-refractivity contribution in [3.63, 3.8) is 0 Å². The van der Waals surface area contributed by atoms with E-state index >= 15 is 0 Å². The van der Waals surface area contributed by atoms with Crippen molar-refractivity contribution in [1.82, 2.24) is 15.1 Å². The van der Waals surface area contributed by atoms with Crippen LogP contribution in [-0.4, -0.2) is 28.8 Å². The summed E-state index contributed by atoms with van der Waals surface area (Å²) in [6, 6.07) is 7.67. The molecule has 0 bridgehead atoms. The Labute approximate surface area is 122 Å². The summed E-state index contributed by atoms with van der Waals surface area (Å²) in [4.78, 5) is 8.43. The van der Waals surface area contributed by atoms with Gasteiger partial charge in [-0.05, 0) is 18.6 Å². The van der Waals surface area contributed by atoms with Crippen LogP contribution in [0.2, 0.25) is 0 Å². The van der Waals surface area contributed by atoms with Crippen LogP contribution in [0.15, 0.2) is 35.1 Å². The molecule has 3 rings (SSSR count). The number of hydrogen-bond acceptors (Lipinski definition) is 6. The fourth-order valence-electron chi connectivity index (χ4n) is 2.19. The number of fused-ring (bicyclic) bond motifs is 1. The summed E-state index contributed by atoms with van der Waals surface area (Å²) in [5, 5.41) is 8.20. The Morgan fingerprint density at radius 3 is 2.90 bits per heavy atom. The molecule has 0 spiro atoms. The van der Waals surface area contributed by atoms with E-state index in [0.717, 1.165) is 35.5 Å². The van der Waals surface area contributed by atoms with Gasteiger partial charge in [0.2, 0.25) is 0 Å². The highest BCUT2D eigenvalue weighted by Gasteiger charge is 2.18. The van der Waals surface area contributed by atoms with Crippen LogP contribution in [0.4, 0.5) is 5.82 Å². The maximum absolute atomic E-state index is 5.40. The van der Waals surface area contributed by atoms with Crippen LogP contribution in [0.5, 0.6) is 5.75 Å². The lowest BCUT2D eigenvalue weighted by molar-refractivity contribution is 0.414. The fraction of sp³-hybridized carbons (Fsp3) is 0.267. The highest BCUT2D eigenvalue weighted by molar-refractivity contribution is 5.98. The van der Waals surface area contributed by atoms with E-state index in [1.165, 1.54) is 6.33 Å². The number of nitrogens with zero attached hydrogens (tertiary/aromatic N) is 3. The number of para-hydroxylation sites is 1. The lowest BCUT2D eigenvalue weighted by Crippen LogP contribution is -2.02. The minimum atomic E-state index is 0.463. The zero-order valence-electron chi connectivity index (χ0n) is 12.0. The van der Waals surface area contributed by atoms with Crippen LogP contribution < -0.4 is 10.1 Å². The van der Waals surface area contributed by atoms with Crippen molar-refractivity contribution in [1.29, 1.82) is 0 Å². The number of ether oxygens (including phenoxy) is 1. The normalized spacial score (nSPS) is 10.8. The Bertz CT molecular complexity index is 754. The lowest BCUT2D eigenvalue weighted by atomic mass is 10.1. The highest BCUT2D eigenvalue weighted by Crippen LogP contribution is 2.36. The van der Waals surface area contributed by atoms with Gasteiger partial charge in [0.05, 0.1) is 7.11 Å². The van der Waals surface area contributed by atoms with Gasteiger partial charge in [0, 0.05) is 12.1 Å². The molecule has 1 N–H and O–H groups in total. The average Bonchev–Trinajstić information content (AvgIpc) is 2.97. The molecule has 6 heteroatoms. The molecule has 0 aliphatic carbocycles. The quantitative estimate of drug-likeness (QED) is 0.776. The minimum Gasteiger partial charge on any atom is -0.496 e. The van der Waals surface area contributed by atoms with Crippen molar-refractivity contribution in [3.05, 3.63) is 30.6 Å². The van der Waals surface area contributed by atoms with Crippen LogP contribution in [0.25, 0.3) is 22.4 Å². The first-order valence-electron chi connectivity index (χ1n) is 6.82. The minimum absolute atomic E-state index is 0.463. The van der Waals surface area contributed by atoms with E-state index in [2.05, 4.69) is 27.4 Å². The van der Waals surface area contributed by atoms with E-state index < -0.39 is 0 Å². The summed E-state index contributed by atoms with van der Waals surface area (Å²) in [6.45, 7) is 2.92. The molecule has 2 aromatic heterocycles. The third kappa shape index (κ3) is 2.40. The summed E-state index contributed by atoms with van der Waals surface area (Å²) in [5.74, 6) is 1.46. The van der Waals surface area contributed by atoms with E-state index in [4.69, 9.17) is 9.26 Å². The van der Waals surface area contributed by atoms with E-state index in [9.17, 15) is 0 Å². The van der Waals surface area contributed by atoms with Gasteiger partial charge in [-0.3, -0.25) is 0 Å². The molecule has 0 atom stereocenters. The van der Waals surface area contributed by atoms with Crippen molar-refractivity contribution in [2.45, 2.75) is 13.3 Å². The maximum atomic E-state index is 5.40. The SMILES string of the molecule is CCCNc1ncnc2onc(-c3ccccc3OC)c12. The molecule has 0 fully saturated rings. The Kier molecular flexibility index (Phi) is 3.68. The molecular formula is C15H16N4O2. The molecule has 0 radical (unpaired) electrons. The molecule has 1 aromatic carbocycles. The van der Waals surface area contributed by atoms with Gasteiger partial charge in [-0.1, -0.05) is 24.2 Å². The summed E-state index contributed by atoms with van der Waals surface area (Å²) in [5.41, 5.74) is 2.00. The van der Waals surface area contributed by atoms with E-state index in [-0.39, 0.29) is 0 Å². The fourth-order valence-corrected chi connectivity index (χ4v) is 2.19. The van der Waals surface area contributed by atoms with Crippen molar-refractivity contribution >= 4 is 16.9 Å².